The summed E-state index contributed by atoms with van der Waals surface area (Å²) < 4.78 is 0. The molecule has 2 fully saturated rings. The molecule has 2 unspecified atom stereocenters. The molecule has 2 rings (SSSR count). The van der Waals surface area contributed by atoms with Gasteiger partial charge in [0.05, 0.1) is 0 Å². The summed E-state index contributed by atoms with van der Waals surface area (Å²) in [6.07, 6.45) is 8.55. The van der Waals surface area contributed by atoms with Crippen molar-refractivity contribution in [3.63, 3.8) is 0 Å². The highest BCUT2D eigenvalue weighted by Crippen LogP contribution is 2.27. The monoisotopic (exact) mass is 238 g/mol. The van der Waals surface area contributed by atoms with E-state index in [1.54, 1.807) is 0 Å². The molecule has 1 heterocycles. The fourth-order valence-corrected chi connectivity index (χ4v) is 3.59. The van der Waals surface area contributed by atoms with E-state index in [0.717, 1.165) is 17.9 Å². The predicted octanol–water partition coefficient (Wildman–Crippen LogP) is 2.89. The molecule has 100 valence electrons. The van der Waals surface area contributed by atoms with Crippen LogP contribution in [0.1, 0.15) is 52.4 Å². The van der Waals surface area contributed by atoms with E-state index in [2.05, 4.69) is 24.1 Å². The summed E-state index contributed by atoms with van der Waals surface area (Å²) in [7, 11) is 0. The van der Waals surface area contributed by atoms with Crippen molar-refractivity contribution in [3.8, 4) is 0 Å². The third kappa shape index (κ3) is 3.96. The lowest BCUT2D eigenvalue weighted by molar-refractivity contribution is 0.130. The van der Waals surface area contributed by atoms with Gasteiger partial charge in [0.25, 0.3) is 0 Å². The van der Waals surface area contributed by atoms with Crippen LogP contribution in [0.4, 0.5) is 0 Å². The molecule has 1 N–H and O–H groups in total. The van der Waals surface area contributed by atoms with Crippen LogP contribution in [0.2, 0.25) is 0 Å². The molecule has 0 spiro atoms. The lowest BCUT2D eigenvalue weighted by atomic mass is 9.92. The van der Waals surface area contributed by atoms with E-state index >= 15 is 0 Å². The van der Waals surface area contributed by atoms with Gasteiger partial charge in [-0.3, -0.25) is 0 Å². The molecule has 17 heavy (non-hydrogen) atoms. The Kier molecular flexibility index (Phi) is 5.30. The van der Waals surface area contributed by atoms with E-state index in [9.17, 15) is 0 Å². The Morgan fingerprint density at radius 1 is 1.18 bits per heavy atom. The van der Waals surface area contributed by atoms with E-state index < -0.39 is 0 Å². The molecule has 0 amide bonds. The van der Waals surface area contributed by atoms with Gasteiger partial charge in [0.1, 0.15) is 0 Å². The van der Waals surface area contributed by atoms with Crippen molar-refractivity contribution in [1.29, 1.82) is 0 Å². The lowest BCUT2D eigenvalue weighted by Gasteiger charge is -2.38. The Hall–Kier alpha value is -0.0800. The Balaban J connectivity index is 1.70. The average molecular weight is 238 g/mol. The number of nitrogens with one attached hydrogen (secondary N) is 1. The zero-order chi connectivity index (χ0) is 12.1. The van der Waals surface area contributed by atoms with Crippen LogP contribution in [0.15, 0.2) is 0 Å². The van der Waals surface area contributed by atoms with Crippen LogP contribution in [0.3, 0.4) is 0 Å². The minimum absolute atomic E-state index is 0.773. The summed E-state index contributed by atoms with van der Waals surface area (Å²) in [5.41, 5.74) is 0. The van der Waals surface area contributed by atoms with Crippen LogP contribution in [-0.4, -0.2) is 37.1 Å². The summed E-state index contributed by atoms with van der Waals surface area (Å²) in [6.45, 7) is 9.89. The Labute approximate surface area is 107 Å². The normalized spacial score (nSPS) is 32.1. The highest BCUT2D eigenvalue weighted by atomic mass is 15.1. The van der Waals surface area contributed by atoms with Crippen molar-refractivity contribution >= 4 is 0 Å². The largest absolute Gasteiger partial charge is 0.314 e. The number of hydrogen-bond acceptors (Lipinski definition) is 2. The average Bonchev–Trinajstić information content (AvgIpc) is 2.81. The van der Waals surface area contributed by atoms with Crippen LogP contribution in [0, 0.1) is 11.8 Å². The van der Waals surface area contributed by atoms with Crippen LogP contribution in [0.25, 0.3) is 0 Å². The van der Waals surface area contributed by atoms with Crippen LogP contribution in [0.5, 0.6) is 0 Å². The third-order valence-electron chi connectivity index (χ3n) is 4.64. The topological polar surface area (TPSA) is 15.3 Å². The van der Waals surface area contributed by atoms with Crippen molar-refractivity contribution in [1.82, 2.24) is 10.2 Å². The van der Waals surface area contributed by atoms with Gasteiger partial charge in [-0.15, -0.1) is 0 Å². The quantitative estimate of drug-likeness (QED) is 0.792. The van der Waals surface area contributed by atoms with Gasteiger partial charge in [0.2, 0.25) is 0 Å². The maximum Gasteiger partial charge on any atom is 0.0117 e. The maximum absolute atomic E-state index is 3.71. The van der Waals surface area contributed by atoms with Gasteiger partial charge in [-0.05, 0) is 50.6 Å². The molecule has 1 saturated carbocycles. The third-order valence-corrected chi connectivity index (χ3v) is 4.64. The molecule has 2 aliphatic rings. The van der Waals surface area contributed by atoms with Gasteiger partial charge in [-0.25, -0.2) is 0 Å². The molecule has 0 bridgehead atoms. The summed E-state index contributed by atoms with van der Waals surface area (Å²) in [4.78, 5) is 2.73. The highest BCUT2D eigenvalue weighted by Gasteiger charge is 2.27. The molecule has 2 heteroatoms. The van der Waals surface area contributed by atoms with Crippen LogP contribution < -0.4 is 5.32 Å². The van der Waals surface area contributed by atoms with E-state index in [1.807, 2.05) is 0 Å². The van der Waals surface area contributed by atoms with Crippen molar-refractivity contribution < 1.29 is 0 Å². The SMILES string of the molecule is CCCNC1CCN(CC2CCCC2)CC1C. The van der Waals surface area contributed by atoms with Gasteiger partial charge in [0.15, 0.2) is 0 Å². The summed E-state index contributed by atoms with van der Waals surface area (Å²) >= 11 is 0. The van der Waals surface area contributed by atoms with Gasteiger partial charge >= 0.3 is 0 Å². The van der Waals surface area contributed by atoms with E-state index in [1.165, 1.54) is 64.7 Å². The molecular formula is C15H30N2. The fraction of sp³-hybridized carbons (Fsp3) is 1.00. The summed E-state index contributed by atoms with van der Waals surface area (Å²) in [5, 5.41) is 3.71. The van der Waals surface area contributed by atoms with Crippen LogP contribution >= 0.6 is 0 Å². The molecule has 1 aliphatic carbocycles. The van der Waals surface area contributed by atoms with E-state index in [4.69, 9.17) is 0 Å². The molecule has 1 aliphatic heterocycles. The number of likely N-dealkylation sites (tertiary alicyclic amines) is 1. The molecule has 2 atom stereocenters. The number of rotatable bonds is 5. The zero-order valence-electron chi connectivity index (χ0n) is 11.8. The molecule has 0 aromatic heterocycles. The molecular weight excluding hydrogens is 208 g/mol. The Morgan fingerprint density at radius 2 is 1.94 bits per heavy atom. The minimum atomic E-state index is 0.773. The number of hydrogen-bond donors (Lipinski definition) is 1. The predicted molar refractivity (Wildman–Crippen MR) is 74.3 cm³/mol. The first-order valence-corrected chi connectivity index (χ1v) is 7.75. The highest BCUT2D eigenvalue weighted by molar-refractivity contribution is 4.84. The number of piperidine rings is 1. The van der Waals surface area contributed by atoms with Crippen molar-refractivity contribution in [2.24, 2.45) is 11.8 Å². The van der Waals surface area contributed by atoms with Gasteiger partial charge in [-0.1, -0.05) is 26.7 Å². The lowest BCUT2D eigenvalue weighted by Crippen LogP contribution is -2.49. The summed E-state index contributed by atoms with van der Waals surface area (Å²) in [6, 6.07) is 0.773. The molecule has 1 saturated heterocycles. The second kappa shape index (κ2) is 6.75. The van der Waals surface area contributed by atoms with Gasteiger partial charge in [0, 0.05) is 19.1 Å². The van der Waals surface area contributed by atoms with E-state index in [-0.39, 0.29) is 0 Å². The van der Waals surface area contributed by atoms with Gasteiger partial charge < -0.3 is 10.2 Å². The molecule has 0 aromatic rings. The second-order valence-electron chi connectivity index (χ2n) is 6.24. The summed E-state index contributed by atoms with van der Waals surface area (Å²) in [5.74, 6) is 1.85. The number of nitrogens with zero attached hydrogens (tertiary/aromatic N) is 1. The first kappa shape index (κ1) is 13.4. The molecule has 2 nitrogen and oxygen atoms in total. The zero-order valence-corrected chi connectivity index (χ0v) is 11.8. The second-order valence-corrected chi connectivity index (χ2v) is 6.24. The van der Waals surface area contributed by atoms with E-state index in [0.29, 0.717) is 0 Å². The minimum Gasteiger partial charge on any atom is -0.314 e. The van der Waals surface area contributed by atoms with Crippen molar-refractivity contribution in [2.45, 2.75) is 58.4 Å². The van der Waals surface area contributed by atoms with Crippen molar-refractivity contribution in [2.75, 3.05) is 26.2 Å². The first-order chi connectivity index (χ1) is 8.29. The molecule has 0 radical (unpaired) electrons. The molecule has 0 aromatic carbocycles. The van der Waals surface area contributed by atoms with Crippen LogP contribution in [-0.2, 0) is 0 Å². The Morgan fingerprint density at radius 3 is 2.59 bits per heavy atom. The first-order valence-electron chi connectivity index (χ1n) is 7.75. The fourth-order valence-electron chi connectivity index (χ4n) is 3.59. The standard InChI is InChI=1S/C15H30N2/c1-3-9-16-15-8-10-17(11-13(15)2)12-14-6-4-5-7-14/h13-16H,3-12H2,1-2H3. The van der Waals surface area contributed by atoms with Crippen molar-refractivity contribution in [3.05, 3.63) is 0 Å². The maximum atomic E-state index is 3.71. The Bertz CT molecular complexity index is 211. The smallest absolute Gasteiger partial charge is 0.0117 e. The van der Waals surface area contributed by atoms with Gasteiger partial charge in [-0.2, -0.15) is 0 Å².